The molecule has 4 fully saturated rings. The second-order valence-electron chi connectivity index (χ2n) is 9.52. The minimum Gasteiger partial charge on any atom is -0.481 e. The van der Waals surface area contributed by atoms with E-state index in [0.717, 1.165) is 6.42 Å². The molecule has 1 N–H and O–H groups in total. The van der Waals surface area contributed by atoms with Gasteiger partial charge in [-0.05, 0) is 36.0 Å². The summed E-state index contributed by atoms with van der Waals surface area (Å²) in [6.45, 7) is 7.40. The molecule has 5 heteroatoms. The molecule has 24 heavy (non-hydrogen) atoms. The second kappa shape index (κ2) is 4.06. The fourth-order valence-electron chi connectivity index (χ4n) is 7.08. The number of hydrogen-bond donors (Lipinski definition) is 1. The van der Waals surface area contributed by atoms with Crippen LogP contribution in [0.4, 0.5) is 0 Å². The molecule has 6 unspecified atom stereocenters. The molecule has 5 nitrogen and oxygen atoms in total. The molecule has 4 bridgehead atoms. The summed E-state index contributed by atoms with van der Waals surface area (Å²) < 4.78 is 6.04. The number of carboxylic acid groups (broad SMARTS) is 1. The van der Waals surface area contributed by atoms with Crippen LogP contribution in [-0.2, 0) is 14.3 Å². The lowest BCUT2D eigenvalue weighted by atomic mass is 9.67. The Labute approximate surface area is 142 Å². The maximum Gasteiger partial charge on any atom is 0.310 e. The number of rotatable bonds is 2. The zero-order valence-electron chi connectivity index (χ0n) is 14.5. The molecule has 7 atom stereocenters. The van der Waals surface area contributed by atoms with Crippen molar-refractivity contribution in [2.24, 2.45) is 28.6 Å². The maximum absolute atomic E-state index is 13.3. The highest BCUT2D eigenvalue weighted by Crippen LogP contribution is 2.66. The lowest BCUT2D eigenvalue weighted by Gasteiger charge is -2.48. The minimum absolute atomic E-state index is 0.00102. The van der Waals surface area contributed by atoms with Gasteiger partial charge in [-0.2, -0.15) is 0 Å². The Morgan fingerprint density at radius 3 is 2.75 bits per heavy atom. The molecule has 130 valence electrons. The van der Waals surface area contributed by atoms with Crippen LogP contribution in [0.25, 0.3) is 0 Å². The number of amides is 1. The number of fused-ring (bicyclic) bond motifs is 3. The predicted octanol–water partition coefficient (Wildman–Crippen LogP) is 2.07. The van der Waals surface area contributed by atoms with Gasteiger partial charge in [0.1, 0.15) is 11.5 Å². The van der Waals surface area contributed by atoms with Crippen molar-refractivity contribution in [3.8, 4) is 0 Å². The van der Waals surface area contributed by atoms with Gasteiger partial charge in [-0.15, -0.1) is 0 Å². The monoisotopic (exact) mass is 331 g/mol. The van der Waals surface area contributed by atoms with Crippen LogP contribution in [-0.4, -0.2) is 46.2 Å². The Hall–Kier alpha value is -1.36. The zero-order chi connectivity index (χ0) is 17.1. The Kier molecular flexibility index (Phi) is 2.53. The summed E-state index contributed by atoms with van der Waals surface area (Å²) in [5.41, 5.74) is -0.475. The van der Waals surface area contributed by atoms with Crippen molar-refractivity contribution in [3.05, 3.63) is 12.2 Å². The van der Waals surface area contributed by atoms with E-state index in [2.05, 4.69) is 20.8 Å². The Balaban J connectivity index is 1.55. The molecule has 0 radical (unpaired) electrons. The molecule has 0 aromatic heterocycles. The molecule has 3 aliphatic heterocycles. The smallest absolute Gasteiger partial charge is 0.310 e. The quantitative estimate of drug-likeness (QED) is 0.787. The molecule has 5 aliphatic rings. The van der Waals surface area contributed by atoms with Crippen LogP contribution in [0.3, 0.4) is 0 Å². The fourth-order valence-corrected chi connectivity index (χ4v) is 7.08. The lowest BCUT2D eigenvalue weighted by molar-refractivity contribution is -0.150. The molecule has 2 saturated carbocycles. The SMILES string of the molecule is CC12CCC(C1)C(C)(C)[C@H]2N1CC23C=CC(O2)C(C(=O)O)C3C1=O. The molecular weight excluding hydrogens is 306 g/mol. The van der Waals surface area contributed by atoms with Crippen molar-refractivity contribution in [1.29, 1.82) is 0 Å². The van der Waals surface area contributed by atoms with Crippen molar-refractivity contribution in [2.75, 3.05) is 6.54 Å². The van der Waals surface area contributed by atoms with E-state index in [9.17, 15) is 14.7 Å². The third-order valence-corrected chi connectivity index (χ3v) is 7.92. The van der Waals surface area contributed by atoms with Crippen molar-refractivity contribution >= 4 is 11.9 Å². The number of carbonyl (C=O) groups is 2. The average molecular weight is 331 g/mol. The van der Waals surface area contributed by atoms with Crippen molar-refractivity contribution in [3.63, 3.8) is 0 Å². The maximum atomic E-state index is 13.3. The van der Waals surface area contributed by atoms with E-state index >= 15 is 0 Å². The first-order chi connectivity index (χ1) is 11.2. The average Bonchev–Trinajstić information content (AvgIpc) is 3.22. The number of nitrogens with zero attached hydrogens (tertiary/aromatic N) is 1. The van der Waals surface area contributed by atoms with Crippen LogP contribution in [0.1, 0.15) is 40.0 Å². The highest BCUT2D eigenvalue weighted by molar-refractivity contribution is 5.91. The number of likely N-dealkylation sites (tertiary alicyclic amines) is 1. The highest BCUT2D eigenvalue weighted by atomic mass is 16.5. The molecule has 2 aliphatic carbocycles. The number of hydrogen-bond acceptors (Lipinski definition) is 3. The van der Waals surface area contributed by atoms with Gasteiger partial charge in [0, 0.05) is 6.04 Å². The van der Waals surface area contributed by atoms with Gasteiger partial charge >= 0.3 is 5.97 Å². The van der Waals surface area contributed by atoms with Crippen LogP contribution < -0.4 is 0 Å². The van der Waals surface area contributed by atoms with E-state index in [1.54, 1.807) is 0 Å². The molecular formula is C19H25NO4. The third-order valence-electron chi connectivity index (χ3n) is 7.92. The molecule has 0 aromatic carbocycles. The highest BCUT2D eigenvalue weighted by Gasteiger charge is 2.71. The van der Waals surface area contributed by atoms with E-state index in [1.807, 2.05) is 17.1 Å². The van der Waals surface area contributed by atoms with Gasteiger partial charge < -0.3 is 14.7 Å². The Morgan fingerprint density at radius 2 is 2.12 bits per heavy atom. The number of aliphatic carboxylic acids is 1. The van der Waals surface area contributed by atoms with Crippen LogP contribution >= 0.6 is 0 Å². The van der Waals surface area contributed by atoms with Crippen molar-refractivity contribution in [2.45, 2.75) is 57.8 Å². The van der Waals surface area contributed by atoms with E-state index in [-0.39, 0.29) is 22.8 Å². The lowest BCUT2D eigenvalue weighted by Crippen LogP contribution is -2.54. The molecule has 1 spiro atoms. The number of carbonyl (C=O) groups excluding carboxylic acids is 1. The van der Waals surface area contributed by atoms with E-state index in [4.69, 9.17) is 4.74 Å². The largest absolute Gasteiger partial charge is 0.481 e. The molecule has 3 heterocycles. The first-order valence-electron chi connectivity index (χ1n) is 9.10. The summed E-state index contributed by atoms with van der Waals surface area (Å²) in [6, 6.07) is 0.182. The van der Waals surface area contributed by atoms with Crippen LogP contribution in [0.2, 0.25) is 0 Å². The second-order valence-corrected chi connectivity index (χ2v) is 9.52. The summed E-state index contributed by atoms with van der Waals surface area (Å²) in [5.74, 6) is -1.54. The molecule has 5 rings (SSSR count). The third kappa shape index (κ3) is 1.47. The molecule has 1 amide bonds. The van der Waals surface area contributed by atoms with Crippen molar-refractivity contribution in [1.82, 2.24) is 4.90 Å². The van der Waals surface area contributed by atoms with E-state index < -0.39 is 29.5 Å². The van der Waals surface area contributed by atoms with Crippen LogP contribution in [0.5, 0.6) is 0 Å². The number of carboxylic acids is 1. The zero-order valence-corrected chi connectivity index (χ0v) is 14.5. The summed E-state index contributed by atoms with van der Waals surface area (Å²) in [5, 5.41) is 9.62. The topological polar surface area (TPSA) is 66.8 Å². The summed E-state index contributed by atoms with van der Waals surface area (Å²) >= 11 is 0. The van der Waals surface area contributed by atoms with E-state index in [0.29, 0.717) is 12.5 Å². The van der Waals surface area contributed by atoms with Gasteiger partial charge in [0.2, 0.25) is 5.91 Å². The summed E-state index contributed by atoms with van der Waals surface area (Å²) in [6.07, 6.45) is 6.94. The Bertz CT molecular complexity index is 680. The van der Waals surface area contributed by atoms with Gasteiger partial charge in [0.05, 0.1) is 18.6 Å². The first kappa shape index (κ1) is 14.9. The standard InChI is InChI=1S/C19H25NO4/c1-17(2)10-4-6-18(3,8-10)16(17)20-9-19-7-5-11(24-19)12(15(22)23)13(19)14(20)21/h5,7,10-13,16H,4,6,8-9H2,1-3H3,(H,22,23)/t10?,11?,12?,13?,16-,18?,19?/m1/s1. The van der Waals surface area contributed by atoms with Crippen molar-refractivity contribution < 1.29 is 19.4 Å². The Morgan fingerprint density at radius 1 is 1.38 bits per heavy atom. The van der Waals surface area contributed by atoms with Gasteiger partial charge in [-0.25, -0.2) is 0 Å². The van der Waals surface area contributed by atoms with E-state index in [1.165, 1.54) is 12.8 Å². The first-order valence-corrected chi connectivity index (χ1v) is 9.10. The van der Waals surface area contributed by atoms with Gasteiger partial charge in [0.25, 0.3) is 0 Å². The minimum atomic E-state index is -0.912. The van der Waals surface area contributed by atoms with Gasteiger partial charge in [-0.3, -0.25) is 9.59 Å². The number of ether oxygens (including phenoxy) is 1. The fraction of sp³-hybridized carbons (Fsp3) is 0.789. The summed E-state index contributed by atoms with van der Waals surface area (Å²) in [4.78, 5) is 27.1. The molecule has 0 aromatic rings. The van der Waals surface area contributed by atoms with Crippen LogP contribution in [0.15, 0.2) is 12.2 Å². The van der Waals surface area contributed by atoms with Crippen LogP contribution in [0, 0.1) is 28.6 Å². The van der Waals surface area contributed by atoms with Gasteiger partial charge in [-0.1, -0.05) is 32.9 Å². The molecule has 2 saturated heterocycles. The summed E-state index contributed by atoms with van der Waals surface area (Å²) in [7, 11) is 0. The normalized spacial score (nSPS) is 53.2. The van der Waals surface area contributed by atoms with Gasteiger partial charge in [0.15, 0.2) is 0 Å². The predicted molar refractivity (Wildman–Crippen MR) is 86.1 cm³/mol.